The lowest BCUT2D eigenvalue weighted by Gasteiger charge is -2.29. The zero-order valence-electron chi connectivity index (χ0n) is 29.7. The fourth-order valence-corrected chi connectivity index (χ4v) is 9.71. The Morgan fingerprint density at radius 1 is 1.02 bits per heavy atom. The predicted octanol–water partition coefficient (Wildman–Crippen LogP) is 3.97. The summed E-state index contributed by atoms with van der Waals surface area (Å²) in [4.78, 5) is 71.6. The quantitative estimate of drug-likeness (QED) is 0.401. The van der Waals surface area contributed by atoms with Crippen LogP contribution in [0.15, 0.2) is 24.3 Å². The molecule has 1 saturated heterocycles. The third-order valence-corrected chi connectivity index (χ3v) is 13.2. The number of ether oxygens (including phenoxy) is 4. The van der Waals surface area contributed by atoms with Gasteiger partial charge in [-0.15, -0.1) is 0 Å². The number of rotatable bonds is 7. The minimum atomic E-state index is -3.62. The molecule has 15 heteroatoms. The maximum Gasteiger partial charge on any atom is 0.410 e. The van der Waals surface area contributed by atoms with E-state index in [1.807, 2.05) is 24.3 Å². The van der Waals surface area contributed by atoms with Crippen LogP contribution in [0.2, 0.25) is 0 Å². The molecule has 0 bridgehead atoms. The van der Waals surface area contributed by atoms with Gasteiger partial charge < -0.3 is 29.2 Å². The molecule has 6 aliphatic rings. The highest BCUT2D eigenvalue weighted by atomic mass is 32.2. The van der Waals surface area contributed by atoms with Crippen molar-refractivity contribution in [3.8, 4) is 11.5 Å². The van der Waals surface area contributed by atoms with Crippen molar-refractivity contribution < 1.29 is 51.3 Å². The van der Waals surface area contributed by atoms with Gasteiger partial charge in [0.2, 0.25) is 12.7 Å². The van der Waals surface area contributed by atoms with Gasteiger partial charge in [0.1, 0.15) is 17.9 Å². The molecular weight excluding hydrogens is 694 g/mol. The summed E-state index contributed by atoms with van der Waals surface area (Å²) in [5, 5.41) is 2.19. The van der Waals surface area contributed by atoms with Crippen LogP contribution in [-0.2, 0) is 46.8 Å². The lowest BCUT2D eigenvalue weighted by atomic mass is 9.88. The molecule has 0 aromatic heterocycles. The van der Waals surface area contributed by atoms with E-state index in [1.165, 1.54) is 9.80 Å². The summed E-state index contributed by atoms with van der Waals surface area (Å²) in [6.45, 7) is 4.03. The van der Waals surface area contributed by atoms with E-state index in [0.29, 0.717) is 43.6 Å². The predicted molar refractivity (Wildman–Crippen MR) is 185 cm³/mol. The van der Waals surface area contributed by atoms with Crippen LogP contribution < -0.4 is 14.8 Å². The Kier molecular flexibility index (Phi) is 10.0. The number of fused-ring (bicyclic) bond motifs is 4. The highest BCUT2D eigenvalue weighted by Crippen LogP contribution is 2.58. The first kappa shape index (κ1) is 36.2. The van der Waals surface area contributed by atoms with Crippen LogP contribution in [0.5, 0.6) is 11.5 Å². The smallest absolute Gasteiger partial charge is 0.410 e. The first-order valence-electron chi connectivity index (χ1n) is 18.4. The molecule has 2 aliphatic carbocycles. The maximum atomic E-state index is 14.3. The van der Waals surface area contributed by atoms with E-state index in [-0.39, 0.29) is 45.2 Å². The van der Waals surface area contributed by atoms with Crippen LogP contribution >= 0.6 is 0 Å². The number of carbonyl (C=O) groups is 5. The molecule has 52 heavy (non-hydrogen) atoms. The van der Waals surface area contributed by atoms with Gasteiger partial charge in [0.05, 0.1) is 23.9 Å². The number of hydrogen-bond donors (Lipinski definition) is 1. The number of sulfone groups is 1. The lowest BCUT2D eigenvalue weighted by Crippen LogP contribution is -2.52. The number of amides is 3. The molecule has 3 fully saturated rings. The fourth-order valence-electron chi connectivity index (χ4n) is 7.97. The molecule has 0 radical (unpaired) electrons. The van der Waals surface area contributed by atoms with E-state index in [0.717, 1.165) is 30.4 Å². The topological polar surface area (TPSA) is 175 Å². The van der Waals surface area contributed by atoms with Crippen LogP contribution in [-0.4, -0.2) is 96.5 Å². The minimum Gasteiger partial charge on any atom is -0.454 e. The Morgan fingerprint density at radius 2 is 1.73 bits per heavy atom. The van der Waals surface area contributed by atoms with Crippen molar-refractivity contribution in [3.63, 3.8) is 0 Å². The highest BCUT2D eigenvalue weighted by molar-refractivity contribution is 7.93. The van der Waals surface area contributed by atoms with Crippen LogP contribution in [0.25, 0.3) is 0 Å². The molecule has 14 nitrogen and oxygen atoms in total. The van der Waals surface area contributed by atoms with Gasteiger partial charge in [-0.25, -0.2) is 18.0 Å². The second-order valence-electron chi connectivity index (χ2n) is 15.3. The Bertz CT molecular complexity index is 1740. The summed E-state index contributed by atoms with van der Waals surface area (Å²) in [5.74, 6) is -1.03. The minimum absolute atomic E-state index is 0.00138. The fraction of sp³-hybridized carbons (Fsp3) is 0.649. The van der Waals surface area contributed by atoms with E-state index in [9.17, 15) is 32.4 Å². The van der Waals surface area contributed by atoms with Crippen molar-refractivity contribution in [1.82, 2.24) is 15.1 Å². The summed E-state index contributed by atoms with van der Waals surface area (Å²) < 4.78 is 48.0. The number of alkyl carbamates (subject to hydrolysis) is 1. The number of ketones is 2. The van der Waals surface area contributed by atoms with Crippen molar-refractivity contribution in [2.75, 3.05) is 19.1 Å². The highest BCUT2D eigenvalue weighted by Gasteiger charge is 2.61. The van der Waals surface area contributed by atoms with Gasteiger partial charge >= 0.3 is 12.2 Å². The first-order valence-corrected chi connectivity index (χ1v) is 20.1. The number of benzene rings is 1. The van der Waals surface area contributed by atoms with E-state index in [2.05, 4.69) is 5.32 Å². The van der Waals surface area contributed by atoms with Crippen molar-refractivity contribution in [2.24, 2.45) is 11.3 Å². The second kappa shape index (κ2) is 14.4. The van der Waals surface area contributed by atoms with Crippen molar-refractivity contribution >= 4 is 39.5 Å². The number of carbonyl (C=O) groups excluding carboxylic acids is 5. The van der Waals surface area contributed by atoms with Gasteiger partial charge in [0.25, 0.3) is 0 Å². The Balaban J connectivity index is 1.12. The van der Waals surface area contributed by atoms with Gasteiger partial charge in [-0.2, -0.15) is 0 Å². The van der Waals surface area contributed by atoms with Crippen LogP contribution in [0.1, 0.15) is 89.2 Å². The Labute approximate surface area is 303 Å². The average molecular weight is 742 g/mol. The lowest BCUT2D eigenvalue weighted by molar-refractivity contribution is -0.140. The van der Waals surface area contributed by atoms with Gasteiger partial charge in [-0.05, 0) is 81.5 Å². The number of nitrogens with one attached hydrogen (secondary N) is 1. The molecule has 282 valence electrons. The molecule has 3 amide bonds. The number of hydrogen-bond acceptors (Lipinski definition) is 11. The van der Waals surface area contributed by atoms with Crippen LogP contribution in [0, 0.1) is 11.3 Å². The third-order valence-electron chi connectivity index (χ3n) is 11.1. The second-order valence-corrected chi connectivity index (χ2v) is 17.6. The van der Waals surface area contributed by atoms with Gasteiger partial charge in [-0.1, -0.05) is 25.0 Å². The molecule has 7 rings (SSSR count). The molecule has 5 atom stereocenters. The average Bonchev–Trinajstić information content (AvgIpc) is 3.90. The normalized spacial score (nSPS) is 29.4. The zero-order valence-corrected chi connectivity index (χ0v) is 30.5. The van der Waals surface area contributed by atoms with E-state index >= 15 is 0 Å². The van der Waals surface area contributed by atoms with E-state index in [4.69, 9.17) is 18.9 Å². The molecule has 0 unspecified atom stereocenters. The molecule has 4 heterocycles. The summed E-state index contributed by atoms with van der Waals surface area (Å²) in [5.41, 5.74) is 0.631. The maximum absolute atomic E-state index is 14.3. The monoisotopic (exact) mass is 741 g/mol. The van der Waals surface area contributed by atoms with Crippen molar-refractivity contribution in [3.05, 3.63) is 35.4 Å². The van der Waals surface area contributed by atoms with E-state index in [1.54, 1.807) is 13.8 Å². The first-order chi connectivity index (χ1) is 24.8. The van der Waals surface area contributed by atoms with Crippen LogP contribution in [0.4, 0.5) is 9.59 Å². The number of Topliss-reactive ketones (excluding diaryl/α,β-unsaturated/α-hetero) is 2. The summed E-state index contributed by atoms with van der Waals surface area (Å²) in [7, 11) is -3.62. The SMILES string of the molecule is CC(C)OC(=O)N[C@H]1CCCCC/C=C\[C@@H]2C[C@@]2(C(=O)CS(=O)(=O)C2CC2)CC(=O)[C@@H]2C[C@@H](OC(=O)N3Cc4cc5c(cc4C3)OCO5)CN2C1=O. The molecule has 2 saturated carbocycles. The Hall–Kier alpha value is -4.14. The summed E-state index contributed by atoms with van der Waals surface area (Å²) in [6, 6.07) is 1.65. The third kappa shape index (κ3) is 7.65. The molecular formula is C37H47N3O11S. The molecule has 1 N–H and O–H groups in total. The van der Waals surface area contributed by atoms with Gasteiger partial charge in [0.15, 0.2) is 32.9 Å². The number of allylic oxidation sites excluding steroid dienone is 2. The zero-order chi connectivity index (χ0) is 36.8. The molecule has 4 aliphatic heterocycles. The molecule has 1 aromatic rings. The summed E-state index contributed by atoms with van der Waals surface area (Å²) in [6.07, 6.45) is 5.74. The largest absolute Gasteiger partial charge is 0.454 e. The van der Waals surface area contributed by atoms with E-state index < -0.39 is 80.2 Å². The number of nitrogens with zero attached hydrogens (tertiary/aromatic N) is 2. The molecule has 1 aromatic carbocycles. The van der Waals surface area contributed by atoms with Crippen LogP contribution in [0.3, 0.4) is 0 Å². The standard InChI is InChI=1S/C37H47N3O11S/c1-22(2)50-35(44)38-28-9-7-5-3-4-6-8-25-15-37(25,33(42)20-52(46,47)27-10-11-27)16-30(41)29-14-26(19-40(29)34(28)43)51-36(45)39-17-23-12-31-32(49-21-48-31)13-24(23)18-39/h6,8,12-13,22,25-29H,3-5,7,9-11,14-21H2,1-2H3,(H,38,44)/b8-6-/t25-,26-,28+,29+,37-/m1/s1. The van der Waals surface area contributed by atoms with Crippen molar-refractivity contribution in [1.29, 1.82) is 0 Å². The summed E-state index contributed by atoms with van der Waals surface area (Å²) >= 11 is 0. The van der Waals surface area contributed by atoms with Gasteiger partial charge in [-0.3, -0.25) is 19.3 Å². The molecule has 0 spiro atoms. The Morgan fingerprint density at radius 3 is 2.40 bits per heavy atom. The van der Waals surface area contributed by atoms with Gasteiger partial charge in [0, 0.05) is 31.3 Å². The van der Waals surface area contributed by atoms with Crippen molar-refractivity contribution in [2.45, 2.75) is 121 Å².